The van der Waals surface area contributed by atoms with E-state index < -0.39 is 40.7 Å². The summed E-state index contributed by atoms with van der Waals surface area (Å²) in [5, 5.41) is 17.0. The summed E-state index contributed by atoms with van der Waals surface area (Å²) in [6, 6.07) is 10.6. The molecule has 0 unspecified atom stereocenters. The van der Waals surface area contributed by atoms with E-state index in [-0.39, 0.29) is 62.2 Å². The molecule has 258 valence electrons. The number of carbonyl (C=O) groups excluding carboxylic acids is 2. The molecule has 0 aromatic heterocycles. The average Bonchev–Trinajstić information content (AvgIpc) is 3.78. The number of fused-ring (bicyclic) bond motifs is 2. The predicted molar refractivity (Wildman–Crippen MR) is 167 cm³/mol. The maximum Gasteiger partial charge on any atom is 0.407 e. The maximum absolute atomic E-state index is 13.9. The van der Waals surface area contributed by atoms with Crippen LogP contribution in [0.1, 0.15) is 32.8 Å². The van der Waals surface area contributed by atoms with Gasteiger partial charge in [-0.15, -0.1) is 0 Å². The number of sulfonamides is 1. The molecule has 0 spiro atoms. The number of amides is 2. The summed E-state index contributed by atoms with van der Waals surface area (Å²) in [5.74, 6) is 1.07. The zero-order chi connectivity index (χ0) is 33.6. The number of hydrogen-bond donors (Lipinski definition) is 3. The lowest BCUT2D eigenvalue weighted by molar-refractivity contribution is -0.119. The van der Waals surface area contributed by atoms with Crippen LogP contribution in [0.15, 0.2) is 47.4 Å². The van der Waals surface area contributed by atoms with E-state index in [1.54, 1.807) is 30.3 Å². The first-order valence-electron chi connectivity index (χ1n) is 15.7. The lowest BCUT2D eigenvalue weighted by Crippen LogP contribution is -2.51. The first-order chi connectivity index (χ1) is 22.5. The number of nitrogens with one attached hydrogen (secondary N) is 2. The summed E-state index contributed by atoms with van der Waals surface area (Å²) in [6.45, 7) is 6.39. The number of alkyl carbamates (subject to hydrolysis) is 1. The van der Waals surface area contributed by atoms with Gasteiger partial charge in [-0.3, -0.25) is 4.79 Å². The third-order valence-corrected chi connectivity index (χ3v) is 9.90. The molecular formula is C32H43N3O11S. The van der Waals surface area contributed by atoms with Crippen LogP contribution < -0.4 is 24.8 Å². The topological polar surface area (TPSA) is 171 Å². The first kappa shape index (κ1) is 34.7. The fourth-order valence-corrected chi connectivity index (χ4v) is 7.36. The maximum atomic E-state index is 13.9. The molecule has 5 atom stereocenters. The number of benzene rings is 2. The van der Waals surface area contributed by atoms with Crippen molar-refractivity contribution in [3.8, 4) is 17.2 Å². The monoisotopic (exact) mass is 677 g/mol. The fourth-order valence-electron chi connectivity index (χ4n) is 5.73. The summed E-state index contributed by atoms with van der Waals surface area (Å²) >= 11 is 0. The highest BCUT2D eigenvalue weighted by atomic mass is 32.2. The summed E-state index contributed by atoms with van der Waals surface area (Å²) in [4.78, 5) is 24.3. The molecule has 0 radical (unpaired) electrons. The second-order valence-corrected chi connectivity index (χ2v) is 14.1. The quantitative estimate of drug-likeness (QED) is 0.236. The number of hydrogen-bond acceptors (Lipinski definition) is 11. The van der Waals surface area contributed by atoms with Crippen LogP contribution in [-0.4, -0.2) is 101 Å². The normalized spacial score (nSPS) is 21.4. The molecule has 2 aromatic rings. The van der Waals surface area contributed by atoms with Crippen LogP contribution >= 0.6 is 0 Å². The standard InChI is InChI=1S/C32H43N3O11S/c1-20(2)16-35(47(39,40)24-8-9-28-29(15-24)45-19-44-28)17-27(37)26(34-32(38)46-30-18-43-31-25(30)10-12-42-31)14-22-4-6-23(7-5-22)41-13-11-33-21(3)36/h4-9,15,20,25-27,30-31,37H,10-14,16-19H2,1-3H3,(H,33,36)(H,34,38)/t25-,26-,27+,30-,31+/m0/s1. The molecule has 3 N–H and O–H groups in total. The molecule has 14 nitrogen and oxygen atoms in total. The molecule has 3 aliphatic heterocycles. The Morgan fingerprint density at radius 3 is 2.57 bits per heavy atom. The van der Waals surface area contributed by atoms with Gasteiger partial charge in [0, 0.05) is 26.1 Å². The molecule has 2 aromatic carbocycles. The molecule has 47 heavy (non-hydrogen) atoms. The fraction of sp³-hybridized carbons (Fsp3) is 0.562. The largest absolute Gasteiger partial charge is 0.492 e. The Bertz CT molecular complexity index is 1490. The van der Waals surface area contributed by atoms with Gasteiger partial charge in [-0.1, -0.05) is 26.0 Å². The van der Waals surface area contributed by atoms with Crippen molar-refractivity contribution in [3.63, 3.8) is 0 Å². The molecule has 3 heterocycles. The van der Waals surface area contributed by atoms with E-state index in [2.05, 4.69) is 10.6 Å². The van der Waals surface area contributed by atoms with Crippen molar-refractivity contribution in [2.24, 2.45) is 11.8 Å². The van der Waals surface area contributed by atoms with Gasteiger partial charge in [-0.25, -0.2) is 13.2 Å². The molecule has 3 aliphatic rings. The molecule has 0 aliphatic carbocycles. The summed E-state index contributed by atoms with van der Waals surface area (Å²) in [7, 11) is -4.08. The number of nitrogens with zero attached hydrogens (tertiary/aromatic N) is 1. The average molecular weight is 678 g/mol. The van der Waals surface area contributed by atoms with E-state index in [0.717, 1.165) is 5.56 Å². The van der Waals surface area contributed by atoms with Gasteiger partial charge in [0.1, 0.15) is 18.5 Å². The Hall–Kier alpha value is -3.63. The van der Waals surface area contributed by atoms with Crippen LogP contribution in [0, 0.1) is 11.8 Å². The van der Waals surface area contributed by atoms with E-state index in [1.165, 1.54) is 23.4 Å². The number of aliphatic hydroxyl groups is 1. The highest BCUT2D eigenvalue weighted by molar-refractivity contribution is 7.89. The third kappa shape index (κ3) is 9.05. The third-order valence-electron chi connectivity index (χ3n) is 8.08. The zero-order valence-corrected chi connectivity index (χ0v) is 27.6. The van der Waals surface area contributed by atoms with E-state index >= 15 is 0 Å². The van der Waals surface area contributed by atoms with E-state index in [9.17, 15) is 23.1 Å². The van der Waals surface area contributed by atoms with Crippen LogP contribution in [0.5, 0.6) is 17.2 Å². The lowest BCUT2D eigenvalue weighted by atomic mass is 10.0. The highest BCUT2D eigenvalue weighted by Crippen LogP contribution is 2.35. The van der Waals surface area contributed by atoms with Crippen molar-refractivity contribution in [2.75, 3.05) is 46.2 Å². The van der Waals surface area contributed by atoms with Crippen molar-refractivity contribution in [2.45, 2.75) is 63.0 Å². The molecule has 15 heteroatoms. The molecule has 2 saturated heterocycles. The van der Waals surface area contributed by atoms with Gasteiger partial charge in [-0.05, 0) is 48.6 Å². The summed E-state index contributed by atoms with van der Waals surface area (Å²) in [6.07, 6.45) is -2.10. The van der Waals surface area contributed by atoms with Crippen molar-refractivity contribution in [1.29, 1.82) is 0 Å². The molecule has 2 fully saturated rings. The minimum absolute atomic E-state index is 0.00202. The lowest BCUT2D eigenvalue weighted by Gasteiger charge is -2.31. The number of aliphatic hydroxyl groups excluding tert-OH is 1. The molecule has 0 saturated carbocycles. The number of ether oxygens (including phenoxy) is 6. The minimum Gasteiger partial charge on any atom is -0.492 e. The Morgan fingerprint density at radius 2 is 1.83 bits per heavy atom. The van der Waals surface area contributed by atoms with Gasteiger partial charge < -0.3 is 44.2 Å². The van der Waals surface area contributed by atoms with Crippen molar-refractivity contribution in [1.82, 2.24) is 14.9 Å². The number of rotatable bonds is 15. The Labute approximate surface area is 274 Å². The van der Waals surface area contributed by atoms with Gasteiger partial charge in [0.2, 0.25) is 22.7 Å². The van der Waals surface area contributed by atoms with Gasteiger partial charge in [-0.2, -0.15) is 4.31 Å². The second kappa shape index (κ2) is 15.5. The number of carbonyl (C=O) groups is 2. The van der Waals surface area contributed by atoms with Gasteiger partial charge in [0.05, 0.1) is 42.7 Å². The van der Waals surface area contributed by atoms with Crippen LogP contribution in [0.25, 0.3) is 0 Å². The highest BCUT2D eigenvalue weighted by Gasteiger charge is 2.44. The predicted octanol–water partition coefficient (Wildman–Crippen LogP) is 2.04. The Kier molecular flexibility index (Phi) is 11.5. The smallest absolute Gasteiger partial charge is 0.407 e. The van der Waals surface area contributed by atoms with Crippen LogP contribution in [0.2, 0.25) is 0 Å². The molecular weight excluding hydrogens is 634 g/mol. The minimum atomic E-state index is -4.08. The molecule has 5 rings (SSSR count). The van der Waals surface area contributed by atoms with Crippen LogP contribution in [0.4, 0.5) is 4.79 Å². The van der Waals surface area contributed by atoms with Gasteiger partial charge in [0.15, 0.2) is 17.8 Å². The van der Waals surface area contributed by atoms with Gasteiger partial charge >= 0.3 is 6.09 Å². The Morgan fingerprint density at radius 1 is 1.06 bits per heavy atom. The van der Waals surface area contributed by atoms with Crippen LogP contribution in [0.3, 0.4) is 0 Å². The van der Waals surface area contributed by atoms with Crippen molar-refractivity contribution in [3.05, 3.63) is 48.0 Å². The van der Waals surface area contributed by atoms with Crippen LogP contribution in [-0.2, 0) is 35.4 Å². The SMILES string of the molecule is CC(=O)NCCOc1ccc(C[C@H](NC(=O)O[C@H]2CO[C@H]3OCC[C@H]32)[C@H](O)CN(CC(C)C)S(=O)(=O)c2ccc3c(c2)OCO3)cc1. The summed E-state index contributed by atoms with van der Waals surface area (Å²) < 4.78 is 62.2. The second-order valence-electron chi connectivity index (χ2n) is 12.2. The first-order valence-corrected chi connectivity index (χ1v) is 17.2. The molecule has 0 bridgehead atoms. The van der Waals surface area contributed by atoms with Gasteiger partial charge in [0.25, 0.3) is 0 Å². The Balaban J connectivity index is 1.31. The van der Waals surface area contributed by atoms with Crippen molar-refractivity contribution < 1.29 is 51.5 Å². The van der Waals surface area contributed by atoms with E-state index in [4.69, 9.17) is 28.4 Å². The zero-order valence-electron chi connectivity index (χ0n) is 26.8. The summed E-state index contributed by atoms with van der Waals surface area (Å²) in [5.41, 5.74) is 0.756. The molecule has 2 amide bonds. The van der Waals surface area contributed by atoms with Crippen molar-refractivity contribution >= 4 is 22.0 Å². The van der Waals surface area contributed by atoms with E-state index in [0.29, 0.717) is 36.8 Å². The van der Waals surface area contributed by atoms with E-state index in [1.807, 2.05) is 13.8 Å².